The van der Waals surface area contributed by atoms with Crippen LogP contribution in [0.5, 0.6) is 0 Å². The Morgan fingerprint density at radius 1 is 0.838 bits per heavy atom. The third-order valence-corrected chi connectivity index (χ3v) is 6.36. The Labute approximate surface area is 211 Å². The summed E-state index contributed by atoms with van der Waals surface area (Å²) in [6.45, 7) is 1.81. The third-order valence-electron chi connectivity index (χ3n) is 6.36. The lowest BCUT2D eigenvalue weighted by molar-refractivity contribution is -0.141. The molecule has 0 N–H and O–H groups in total. The van der Waals surface area contributed by atoms with Gasteiger partial charge in [0.25, 0.3) is 5.56 Å². The normalized spacial score (nSPS) is 11.7. The largest absolute Gasteiger partial charge is 0.433 e. The molecule has 0 aliphatic carbocycles. The van der Waals surface area contributed by atoms with Crippen LogP contribution in [0.4, 0.5) is 24.5 Å². The van der Waals surface area contributed by atoms with E-state index in [-0.39, 0.29) is 11.6 Å². The predicted octanol–water partition coefficient (Wildman–Crippen LogP) is 6.52. The van der Waals surface area contributed by atoms with Crippen LogP contribution < -0.4 is 10.5 Å². The molecule has 0 saturated carbocycles. The van der Waals surface area contributed by atoms with Crippen molar-refractivity contribution in [2.24, 2.45) is 0 Å². The Balaban J connectivity index is 1.63. The van der Waals surface area contributed by atoms with Crippen molar-refractivity contribution in [1.29, 1.82) is 0 Å². The summed E-state index contributed by atoms with van der Waals surface area (Å²) in [5.74, 6) is 0.572. The van der Waals surface area contributed by atoms with Gasteiger partial charge in [-0.05, 0) is 48.4 Å². The molecular formula is C29H23F3N4O. The number of pyridine rings is 1. The standard InChI is InChI=1S/C29H23F3N4O/c1-19-34-25-15-13-22(35(2)23-14-16-26(33-18-23)29(30,31)32)17-24(25)28(37)36(19)27(20-9-5-3-6-10-20)21-11-7-4-8-12-21/h3-18,27H,1-2H3. The SMILES string of the molecule is Cc1nc2ccc(N(C)c3ccc(C(F)(F)F)nc3)cc2c(=O)n1C(c1ccccc1)c1ccccc1. The van der Waals surface area contributed by atoms with Gasteiger partial charge in [-0.25, -0.2) is 9.97 Å². The van der Waals surface area contributed by atoms with Crippen LogP contribution in [0, 0.1) is 6.92 Å². The van der Waals surface area contributed by atoms with Gasteiger partial charge >= 0.3 is 6.18 Å². The van der Waals surface area contributed by atoms with E-state index in [2.05, 4.69) is 4.98 Å². The molecule has 0 spiro atoms. The molecule has 0 aliphatic rings. The number of hydrogen-bond donors (Lipinski definition) is 0. The first-order valence-electron chi connectivity index (χ1n) is 11.6. The molecule has 0 atom stereocenters. The van der Waals surface area contributed by atoms with Gasteiger partial charge in [0.2, 0.25) is 0 Å². The zero-order valence-electron chi connectivity index (χ0n) is 20.1. The molecule has 2 heterocycles. The minimum atomic E-state index is -4.51. The average Bonchev–Trinajstić information content (AvgIpc) is 2.91. The molecule has 0 radical (unpaired) electrons. The van der Waals surface area contributed by atoms with E-state index in [4.69, 9.17) is 4.98 Å². The Bertz CT molecular complexity index is 1560. The fourth-order valence-electron chi connectivity index (χ4n) is 4.47. The van der Waals surface area contributed by atoms with Gasteiger partial charge in [-0.15, -0.1) is 0 Å². The van der Waals surface area contributed by atoms with Crippen molar-refractivity contribution in [1.82, 2.24) is 14.5 Å². The molecule has 0 bridgehead atoms. The van der Waals surface area contributed by atoms with Gasteiger partial charge in [0, 0.05) is 12.7 Å². The number of fused-ring (bicyclic) bond motifs is 1. The number of nitrogens with zero attached hydrogens (tertiary/aromatic N) is 4. The van der Waals surface area contributed by atoms with Crippen molar-refractivity contribution < 1.29 is 13.2 Å². The molecule has 0 aliphatic heterocycles. The minimum absolute atomic E-state index is 0.207. The van der Waals surface area contributed by atoms with Gasteiger partial charge in [-0.1, -0.05) is 60.7 Å². The molecule has 2 aromatic heterocycles. The fourth-order valence-corrected chi connectivity index (χ4v) is 4.47. The van der Waals surface area contributed by atoms with E-state index < -0.39 is 11.9 Å². The van der Waals surface area contributed by atoms with Crippen molar-refractivity contribution in [3.8, 4) is 0 Å². The molecule has 3 aromatic carbocycles. The maximum atomic E-state index is 14.0. The Hall–Kier alpha value is -4.46. The molecule has 0 unspecified atom stereocenters. The van der Waals surface area contributed by atoms with Crippen LogP contribution in [0.2, 0.25) is 0 Å². The maximum absolute atomic E-state index is 14.0. The summed E-state index contributed by atoms with van der Waals surface area (Å²) in [6.07, 6.45) is -3.34. The molecule has 0 amide bonds. The lowest BCUT2D eigenvalue weighted by atomic mass is 9.98. The molecule has 5 rings (SSSR count). The number of alkyl halides is 3. The Morgan fingerprint density at radius 2 is 1.43 bits per heavy atom. The van der Waals surface area contributed by atoms with Crippen molar-refractivity contribution in [2.45, 2.75) is 19.1 Å². The molecule has 5 aromatic rings. The highest BCUT2D eigenvalue weighted by molar-refractivity contribution is 5.83. The van der Waals surface area contributed by atoms with E-state index >= 15 is 0 Å². The number of benzene rings is 3. The summed E-state index contributed by atoms with van der Waals surface area (Å²) in [5, 5.41) is 0.409. The van der Waals surface area contributed by atoms with Crippen molar-refractivity contribution in [2.75, 3.05) is 11.9 Å². The molecule has 0 fully saturated rings. The zero-order chi connectivity index (χ0) is 26.2. The quantitative estimate of drug-likeness (QED) is 0.276. The van der Waals surface area contributed by atoms with Gasteiger partial charge in [-0.3, -0.25) is 9.36 Å². The summed E-state index contributed by atoms with van der Waals surface area (Å²) in [7, 11) is 1.71. The van der Waals surface area contributed by atoms with Crippen molar-refractivity contribution in [3.63, 3.8) is 0 Å². The van der Waals surface area contributed by atoms with Gasteiger partial charge in [-0.2, -0.15) is 13.2 Å². The zero-order valence-corrected chi connectivity index (χ0v) is 20.1. The van der Waals surface area contributed by atoms with Crippen molar-refractivity contribution >= 4 is 22.3 Å². The summed E-state index contributed by atoms with van der Waals surface area (Å²) < 4.78 is 40.5. The number of aromatic nitrogens is 3. The Morgan fingerprint density at radius 3 is 1.97 bits per heavy atom. The van der Waals surface area contributed by atoms with Crippen LogP contribution in [0.25, 0.3) is 10.9 Å². The Kier molecular flexibility index (Phi) is 6.25. The van der Waals surface area contributed by atoms with Gasteiger partial charge < -0.3 is 4.90 Å². The van der Waals surface area contributed by atoms with Crippen LogP contribution in [-0.2, 0) is 6.18 Å². The lowest BCUT2D eigenvalue weighted by Crippen LogP contribution is -2.29. The van der Waals surface area contributed by atoms with E-state index in [9.17, 15) is 18.0 Å². The number of halogens is 3. The van der Waals surface area contributed by atoms with Gasteiger partial charge in [0.15, 0.2) is 0 Å². The van der Waals surface area contributed by atoms with Crippen LogP contribution in [-0.4, -0.2) is 21.6 Å². The first kappa shape index (κ1) is 24.2. The smallest absolute Gasteiger partial charge is 0.343 e. The van der Waals surface area contributed by atoms with E-state index in [0.717, 1.165) is 17.2 Å². The summed E-state index contributed by atoms with van der Waals surface area (Å²) in [4.78, 5) is 23.9. The molecule has 8 heteroatoms. The number of rotatable bonds is 5. The van der Waals surface area contributed by atoms with E-state index in [1.807, 2.05) is 67.6 Å². The maximum Gasteiger partial charge on any atom is 0.433 e. The predicted molar refractivity (Wildman–Crippen MR) is 138 cm³/mol. The van der Waals surface area contributed by atoms with Crippen LogP contribution in [0.1, 0.15) is 28.7 Å². The van der Waals surface area contributed by atoms with Crippen LogP contribution >= 0.6 is 0 Å². The number of anilines is 2. The average molecular weight is 501 g/mol. The van der Waals surface area contributed by atoms with E-state index in [1.54, 1.807) is 34.7 Å². The van der Waals surface area contributed by atoms with E-state index in [0.29, 0.717) is 28.1 Å². The molecule has 37 heavy (non-hydrogen) atoms. The first-order chi connectivity index (χ1) is 17.7. The summed E-state index contributed by atoms with van der Waals surface area (Å²) in [5.41, 5.74) is 2.35. The second kappa shape index (κ2) is 9.54. The molecule has 186 valence electrons. The second-order valence-corrected chi connectivity index (χ2v) is 8.72. The fraction of sp³-hybridized carbons (Fsp3) is 0.138. The summed E-state index contributed by atoms with van der Waals surface area (Å²) >= 11 is 0. The van der Waals surface area contributed by atoms with E-state index in [1.165, 1.54) is 12.3 Å². The highest BCUT2D eigenvalue weighted by Crippen LogP contribution is 2.31. The minimum Gasteiger partial charge on any atom is -0.343 e. The third kappa shape index (κ3) is 4.70. The van der Waals surface area contributed by atoms with Gasteiger partial charge in [0.05, 0.1) is 28.8 Å². The van der Waals surface area contributed by atoms with Crippen LogP contribution in [0.3, 0.4) is 0 Å². The number of hydrogen-bond acceptors (Lipinski definition) is 4. The molecule has 5 nitrogen and oxygen atoms in total. The highest BCUT2D eigenvalue weighted by atomic mass is 19.4. The number of aryl methyl sites for hydroxylation is 1. The molecular weight excluding hydrogens is 477 g/mol. The topological polar surface area (TPSA) is 51.0 Å². The van der Waals surface area contributed by atoms with Gasteiger partial charge in [0.1, 0.15) is 11.5 Å². The molecule has 0 saturated heterocycles. The second-order valence-electron chi connectivity index (χ2n) is 8.72. The monoisotopic (exact) mass is 500 g/mol. The van der Waals surface area contributed by atoms with Crippen LogP contribution in [0.15, 0.2) is 102 Å². The summed E-state index contributed by atoms with van der Waals surface area (Å²) in [6, 6.07) is 26.7. The van der Waals surface area contributed by atoms with Crippen molar-refractivity contribution in [3.05, 3.63) is 130 Å². The lowest BCUT2D eigenvalue weighted by Gasteiger charge is -2.24. The highest BCUT2D eigenvalue weighted by Gasteiger charge is 2.32. The first-order valence-corrected chi connectivity index (χ1v) is 11.6.